The lowest BCUT2D eigenvalue weighted by Crippen LogP contribution is -2.43. The fraction of sp³-hybridized carbons (Fsp3) is 0.318. The van der Waals surface area contributed by atoms with E-state index < -0.39 is 0 Å². The van der Waals surface area contributed by atoms with Crippen molar-refractivity contribution in [1.29, 1.82) is 0 Å². The number of carbonyl (C=O) groups is 1. The second kappa shape index (κ2) is 9.70. The van der Waals surface area contributed by atoms with Crippen LogP contribution in [0.2, 0.25) is 5.02 Å². The Hall–Kier alpha value is -2.14. The van der Waals surface area contributed by atoms with E-state index in [9.17, 15) is 4.79 Å². The van der Waals surface area contributed by atoms with Crippen molar-refractivity contribution in [2.75, 3.05) is 32.8 Å². The highest BCUT2D eigenvalue weighted by molar-refractivity contribution is 6.30. The summed E-state index contributed by atoms with van der Waals surface area (Å²) < 4.78 is 5.48. The first-order valence-electron chi connectivity index (χ1n) is 9.22. The number of hydrogen-bond acceptors (Lipinski definition) is 3. The molecular formula is C22H25ClN2O2. The minimum absolute atomic E-state index is 0.0499. The molecule has 4 nitrogen and oxygen atoms in total. The van der Waals surface area contributed by atoms with Crippen molar-refractivity contribution < 1.29 is 9.53 Å². The monoisotopic (exact) mass is 384 g/mol. The zero-order valence-corrected chi connectivity index (χ0v) is 16.3. The number of amides is 1. The van der Waals surface area contributed by atoms with Crippen LogP contribution >= 0.6 is 11.6 Å². The lowest BCUT2D eigenvalue weighted by atomic mass is 10.0. The largest absolute Gasteiger partial charge is 0.379 e. The summed E-state index contributed by atoms with van der Waals surface area (Å²) in [6, 6.07) is 17.8. The molecule has 2 aromatic rings. The highest BCUT2D eigenvalue weighted by atomic mass is 35.5. The van der Waals surface area contributed by atoms with Gasteiger partial charge in [0.25, 0.3) is 0 Å². The first kappa shape index (κ1) is 19.6. The summed E-state index contributed by atoms with van der Waals surface area (Å²) in [5, 5.41) is 3.80. The van der Waals surface area contributed by atoms with Crippen LogP contribution < -0.4 is 5.32 Å². The van der Waals surface area contributed by atoms with E-state index in [2.05, 4.69) is 10.2 Å². The number of halogens is 1. The summed E-state index contributed by atoms with van der Waals surface area (Å²) in [6.45, 7) is 5.51. The van der Waals surface area contributed by atoms with Crippen LogP contribution in [0.1, 0.15) is 24.1 Å². The number of nitrogens with zero attached hydrogens (tertiary/aromatic N) is 1. The summed E-state index contributed by atoms with van der Waals surface area (Å²) in [5.74, 6) is -0.0499. The molecule has 0 bridgehead atoms. The van der Waals surface area contributed by atoms with Gasteiger partial charge in [-0.2, -0.15) is 0 Å². The number of hydrogen-bond donors (Lipinski definition) is 1. The molecule has 1 saturated heterocycles. The summed E-state index contributed by atoms with van der Waals surface area (Å²) in [5.41, 5.74) is 2.86. The number of rotatable bonds is 6. The first-order valence-corrected chi connectivity index (χ1v) is 9.60. The van der Waals surface area contributed by atoms with Gasteiger partial charge in [-0.25, -0.2) is 0 Å². The van der Waals surface area contributed by atoms with Crippen molar-refractivity contribution in [3.05, 3.63) is 76.3 Å². The molecule has 1 N–H and O–H groups in total. The van der Waals surface area contributed by atoms with Gasteiger partial charge in [-0.1, -0.05) is 54.1 Å². The second-order valence-electron chi connectivity index (χ2n) is 6.66. The van der Waals surface area contributed by atoms with Crippen molar-refractivity contribution in [3.8, 4) is 0 Å². The predicted molar refractivity (Wildman–Crippen MR) is 110 cm³/mol. The molecule has 3 rings (SSSR count). The van der Waals surface area contributed by atoms with Crippen LogP contribution in [0.3, 0.4) is 0 Å². The van der Waals surface area contributed by atoms with Gasteiger partial charge in [0.15, 0.2) is 0 Å². The molecule has 0 spiro atoms. The van der Waals surface area contributed by atoms with Crippen molar-refractivity contribution >= 4 is 23.6 Å². The fourth-order valence-electron chi connectivity index (χ4n) is 3.23. The second-order valence-corrected chi connectivity index (χ2v) is 7.10. The van der Waals surface area contributed by atoms with Crippen LogP contribution in [0.4, 0.5) is 0 Å². The molecule has 0 aliphatic carbocycles. The van der Waals surface area contributed by atoms with Gasteiger partial charge in [-0.3, -0.25) is 9.69 Å². The van der Waals surface area contributed by atoms with Crippen molar-refractivity contribution in [2.24, 2.45) is 0 Å². The molecule has 0 saturated carbocycles. The number of nitrogens with one attached hydrogen (secondary N) is 1. The van der Waals surface area contributed by atoms with E-state index >= 15 is 0 Å². The standard InChI is InChI=1S/C22H25ClN2O2/c1-17(15-18-5-3-2-4-6-18)22(26)24-16-21(25-11-13-27-14-12-25)19-7-9-20(23)10-8-19/h2-10,15,21H,11-14,16H2,1H3,(H,24,26)/b17-15+. The molecule has 1 amide bonds. The molecule has 1 unspecified atom stereocenters. The van der Waals surface area contributed by atoms with Gasteiger partial charge in [0.1, 0.15) is 0 Å². The van der Waals surface area contributed by atoms with Crippen LogP contribution in [0.25, 0.3) is 6.08 Å². The van der Waals surface area contributed by atoms with E-state index in [1.54, 1.807) is 0 Å². The molecule has 1 aliphatic heterocycles. The van der Waals surface area contributed by atoms with E-state index in [0.29, 0.717) is 30.4 Å². The summed E-state index contributed by atoms with van der Waals surface area (Å²) in [6.07, 6.45) is 1.90. The van der Waals surface area contributed by atoms with Crippen molar-refractivity contribution in [3.63, 3.8) is 0 Å². The topological polar surface area (TPSA) is 41.6 Å². The Morgan fingerprint density at radius 1 is 1.15 bits per heavy atom. The van der Waals surface area contributed by atoms with Gasteiger partial charge < -0.3 is 10.1 Å². The molecule has 27 heavy (non-hydrogen) atoms. The summed E-state index contributed by atoms with van der Waals surface area (Å²) >= 11 is 6.04. The molecular weight excluding hydrogens is 360 g/mol. The zero-order chi connectivity index (χ0) is 19.1. The highest BCUT2D eigenvalue weighted by Crippen LogP contribution is 2.23. The zero-order valence-electron chi connectivity index (χ0n) is 15.5. The summed E-state index contributed by atoms with van der Waals surface area (Å²) in [4.78, 5) is 14.9. The third-order valence-corrected chi connectivity index (χ3v) is 4.99. The van der Waals surface area contributed by atoms with Gasteiger partial charge in [0.2, 0.25) is 5.91 Å². The van der Waals surface area contributed by atoms with Crippen molar-refractivity contribution in [1.82, 2.24) is 10.2 Å². The molecule has 142 valence electrons. The minimum Gasteiger partial charge on any atom is -0.379 e. The Bertz CT molecular complexity index is 769. The molecule has 1 atom stereocenters. The maximum atomic E-state index is 12.6. The Morgan fingerprint density at radius 2 is 1.81 bits per heavy atom. The highest BCUT2D eigenvalue weighted by Gasteiger charge is 2.23. The van der Waals surface area contributed by atoms with Crippen LogP contribution in [-0.4, -0.2) is 43.7 Å². The number of carbonyl (C=O) groups excluding carboxylic acids is 1. The number of ether oxygens (including phenoxy) is 1. The lowest BCUT2D eigenvalue weighted by Gasteiger charge is -2.35. The van der Waals surface area contributed by atoms with E-state index in [0.717, 1.165) is 24.2 Å². The first-order chi connectivity index (χ1) is 13.1. The van der Waals surface area contributed by atoms with E-state index in [-0.39, 0.29) is 11.9 Å². The van der Waals surface area contributed by atoms with E-state index in [1.807, 2.05) is 67.6 Å². The molecule has 5 heteroatoms. The average Bonchev–Trinajstić information content (AvgIpc) is 2.71. The molecule has 1 heterocycles. The SMILES string of the molecule is C/C(=C\c1ccccc1)C(=O)NCC(c1ccc(Cl)cc1)N1CCOCC1. The third-order valence-electron chi connectivity index (χ3n) is 4.74. The van der Waals surface area contributed by atoms with E-state index in [1.165, 1.54) is 0 Å². The molecule has 2 aromatic carbocycles. The minimum atomic E-state index is -0.0499. The van der Waals surface area contributed by atoms with Crippen LogP contribution in [-0.2, 0) is 9.53 Å². The quantitative estimate of drug-likeness (QED) is 0.767. The Morgan fingerprint density at radius 3 is 2.48 bits per heavy atom. The molecule has 0 radical (unpaired) electrons. The number of benzene rings is 2. The Balaban J connectivity index is 1.69. The Kier molecular flexibility index (Phi) is 7.04. The lowest BCUT2D eigenvalue weighted by molar-refractivity contribution is -0.117. The molecule has 0 aromatic heterocycles. The van der Waals surface area contributed by atoms with E-state index in [4.69, 9.17) is 16.3 Å². The maximum absolute atomic E-state index is 12.6. The Labute approximate surface area is 165 Å². The summed E-state index contributed by atoms with van der Waals surface area (Å²) in [7, 11) is 0. The third kappa shape index (κ3) is 5.67. The predicted octanol–water partition coefficient (Wildman–Crippen LogP) is 3.93. The van der Waals surface area contributed by atoms with Gasteiger partial charge >= 0.3 is 0 Å². The van der Waals surface area contributed by atoms with Gasteiger partial charge in [-0.15, -0.1) is 0 Å². The maximum Gasteiger partial charge on any atom is 0.247 e. The van der Waals surface area contributed by atoms with Crippen LogP contribution in [0.15, 0.2) is 60.2 Å². The smallest absolute Gasteiger partial charge is 0.247 e. The molecule has 1 aliphatic rings. The van der Waals surface area contributed by atoms with Crippen molar-refractivity contribution in [2.45, 2.75) is 13.0 Å². The van der Waals surface area contributed by atoms with Crippen LogP contribution in [0, 0.1) is 0 Å². The van der Waals surface area contributed by atoms with Crippen LogP contribution in [0.5, 0.6) is 0 Å². The van der Waals surface area contributed by atoms with Gasteiger partial charge in [-0.05, 0) is 36.3 Å². The average molecular weight is 385 g/mol. The van der Waals surface area contributed by atoms with Gasteiger partial charge in [0, 0.05) is 30.2 Å². The number of morpholine rings is 1. The molecule has 1 fully saturated rings. The normalized spacial score (nSPS) is 16.7. The van der Waals surface area contributed by atoms with Gasteiger partial charge in [0.05, 0.1) is 19.3 Å². The fourth-order valence-corrected chi connectivity index (χ4v) is 3.35.